The van der Waals surface area contributed by atoms with Gasteiger partial charge in [-0.1, -0.05) is 5.21 Å². The SMILES string of the molecule is Cc1nc2cc(NC(=O)Cn3cc(N)nn3)ccc2o1. The summed E-state index contributed by atoms with van der Waals surface area (Å²) in [6.45, 7) is 1.81. The topological polar surface area (TPSA) is 112 Å². The van der Waals surface area contributed by atoms with Crippen LogP contribution in [-0.4, -0.2) is 25.9 Å². The molecule has 2 heterocycles. The van der Waals surface area contributed by atoms with Gasteiger partial charge in [-0.3, -0.25) is 4.79 Å². The van der Waals surface area contributed by atoms with Gasteiger partial charge in [-0.2, -0.15) is 0 Å². The number of hydrogen-bond acceptors (Lipinski definition) is 6. The summed E-state index contributed by atoms with van der Waals surface area (Å²) >= 11 is 0. The maximum Gasteiger partial charge on any atom is 0.246 e. The minimum Gasteiger partial charge on any atom is -0.441 e. The van der Waals surface area contributed by atoms with Gasteiger partial charge in [-0.05, 0) is 18.2 Å². The summed E-state index contributed by atoms with van der Waals surface area (Å²) in [5.41, 5.74) is 7.45. The summed E-state index contributed by atoms with van der Waals surface area (Å²) in [4.78, 5) is 16.1. The van der Waals surface area contributed by atoms with Crippen LogP contribution in [0, 0.1) is 6.92 Å². The summed E-state index contributed by atoms with van der Waals surface area (Å²) in [7, 11) is 0. The van der Waals surface area contributed by atoms with Gasteiger partial charge in [0.15, 0.2) is 17.3 Å². The zero-order valence-corrected chi connectivity index (χ0v) is 10.7. The van der Waals surface area contributed by atoms with E-state index in [0.29, 0.717) is 22.7 Å². The largest absolute Gasteiger partial charge is 0.441 e. The van der Waals surface area contributed by atoms with E-state index in [0.717, 1.165) is 0 Å². The van der Waals surface area contributed by atoms with Crippen molar-refractivity contribution < 1.29 is 9.21 Å². The zero-order chi connectivity index (χ0) is 14.1. The van der Waals surface area contributed by atoms with E-state index in [1.165, 1.54) is 10.9 Å². The quantitative estimate of drug-likeness (QED) is 0.734. The molecule has 2 aromatic heterocycles. The van der Waals surface area contributed by atoms with E-state index < -0.39 is 0 Å². The van der Waals surface area contributed by atoms with E-state index in [-0.39, 0.29) is 18.3 Å². The molecule has 1 aromatic carbocycles. The first-order valence-electron chi connectivity index (χ1n) is 5.93. The number of aryl methyl sites for hydroxylation is 1. The Morgan fingerprint density at radius 3 is 3.10 bits per heavy atom. The van der Waals surface area contributed by atoms with Crippen molar-refractivity contribution in [1.29, 1.82) is 0 Å². The van der Waals surface area contributed by atoms with Gasteiger partial charge in [-0.25, -0.2) is 9.67 Å². The fourth-order valence-corrected chi connectivity index (χ4v) is 1.86. The Kier molecular flexibility index (Phi) is 2.82. The second-order valence-corrected chi connectivity index (χ2v) is 4.30. The number of amides is 1. The number of anilines is 2. The molecule has 0 saturated heterocycles. The average molecular weight is 272 g/mol. The van der Waals surface area contributed by atoms with Crippen LogP contribution in [-0.2, 0) is 11.3 Å². The Morgan fingerprint density at radius 1 is 1.50 bits per heavy atom. The summed E-state index contributed by atoms with van der Waals surface area (Å²) in [5.74, 6) is 0.633. The van der Waals surface area contributed by atoms with E-state index in [2.05, 4.69) is 20.6 Å². The summed E-state index contributed by atoms with van der Waals surface area (Å²) in [5, 5.41) is 10.1. The molecule has 0 aliphatic rings. The molecule has 0 spiro atoms. The van der Waals surface area contributed by atoms with E-state index in [9.17, 15) is 4.79 Å². The number of nitrogens with zero attached hydrogens (tertiary/aromatic N) is 4. The van der Waals surface area contributed by atoms with Gasteiger partial charge < -0.3 is 15.5 Å². The summed E-state index contributed by atoms with van der Waals surface area (Å²) in [6.07, 6.45) is 1.49. The van der Waals surface area contributed by atoms with Gasteiger partial charge in [0, 0.05) is 12.6 Å². The number of benzene rings is 1. The first-order valence-corrected chi connectivity index (χ1v) is 5.93. The van der Waals surface area contributed by atoms with Crippen molar-refractivity contribution in [3.63, 3.8) is 0 Å². The normalized spacial score (nSPS) is 10.8. The average Bonchev–Trinajstić information content (AvgIpc) is 2.93. The molecule has 0 radical (unpaired) electrons. The number of rotatable bonds is 3. The third-order valence-corrected chi connectivity index (χ3v) is 2.64. The molecule has 0 fully saturated rings. The lowest BCUT2D eigenvalue weighted by atomic mass is 10.3. The van der Waals surface area contributed by atoms with Crippen LogP contribution in [0.15, 0.2) is 28.8 Å². The van der Waals surface area contributed by atoms with Crippen LogP contribution >= 0.6 is 0 Å². The van der Waals surface area contributed by atoms with Crippen molar-refractivity contribution in [3.8, 4) is 0 Å². The van der Waals surface area contributed by atoms with Crippen molar-refractivity contribution >= 4 is 28.5 Å². The van der Waals surface area contributed by atoms with Crippen LogP contribution in [0.1, 0.15) is 5.89 Å². The molecule has 8 heteroatoms. The maximum absolute atomic E-state index is 11.8. The van der Waals surface area contributed by atoms with Gasteiger partial charge in [0.25, 0.3) is 0 Å². The highest BCUT2D eigenvalue weighted by molar-refractivity contribution is 5.92. The van der Waals surface area contributed by atoms with Gasteiger partial charge >= 0.3 is 0 Å². The molecule has 3 aromatic rings. The standard InChI is InChI=1S/C12H12N6O2/c1-7-14-9-4-8(2-3-10(9)20-7)15-12(19)6-18-5-11(13)16-17-18/h2-5H,6,13H2,1H3,(H,15,19). The van der Waals surface area contributed by atoms with E-state index >= 15 is 0 Å². The smallest absolute Gasteiger partial charge is 0.246 e. The van der Waals surface area contributed by atoms with Gasteiger partial charge in [0.2, 0.25) is 5.91 Å². The Bertz CT molecular complexity index is 775. The highest BCUT2D eigenvalue weighted by atomic mass is 16.3. The molecule has 0 aliphatic carbocycles. The van der Waals surface area contributed by atoms with Crippen LogP contribution in [0.5, 0.6) is 0 Å². The predicted molar refractivity (Wildman–Crippen MR) is 71.8 cm³/mol. The minimum absolute atomic E-state index is 0.0417. The van der Waals surface area contributed by atoms with Crippen LogP contribution < -0.4 is 11.1 Å². The van der Waals surface area contributed by atoms with Crippen LogP contribution in [0.4, 0.5) is 11.5 Å². The van der Waals surface area contributed by atoms with Gasteiger partial charge in [-0.15, -0.1) is 5.10 Å². The first kappa shape index (κ1) is 12.2. The highest BCUT2D eigenvalue weighted by Gasteiger charge is 2.08. The number of carbonyl (C=O) groups excluding carboxylic acids is 1. The lowest BCUT2D eigenvalue weighted by molar-refractivity contribution is -0.116. The molecule has 0 bridgehead atoms. The van der Waals surface area contributed by atoms with Crippen LogP contribution in [0.2, 0.25) is 0 Å². The zero-order valence-electron chi connectivity index (χ0n) is 10.7. The fourth-order valence-electron chi connectivity index (χ4n) is 1.86. The number of carbonyl (C=O) groups is 1. The molecule has 0 unspecified atom stereocenters. The second kappa shape index (κ2) is 4.65. The van der Waals surface area contributed by atoms with Crippen LogP contribution in [0.3, 0.4) is 0 Å². The number of hydrogen-bond donors (Lipinski definition) is 2. The molecular formula is C12H12N6O2. The summed E-state index contributed by atoms with van der Waals surface area (Å²) < 4.78 is 6.73. The molecule has 0 saturated carbocycles. The molecule has 0 aliphatic heterocycles. The summed E-state index contributed by atoms with van der Waals surface area (Å²) in [6, 6.07) is 5.26. The Hall–Kier alpha value is -2.90. The van der Waals surface area contributed by atoms with Crippen LogP contribution in [0.25, 0.3) is 11.1 Å². The maximum atomic E-state index is 11.8. The molecule has 8 nitrogen and oxygen atoms in total. The van der Waals surface area contributed by atoms with Crippen molar-refractivity contribution in [1.82, 2.24) is 20.0 Å². The van der Waals surface area contributed by atoms with Crippen molar-refractivity contribution in [2.45, 2.75) is 13.5 Å². The number of nitrogens with two attached hydrogens (primary N) is 1. The fraction of sp³-hybridized carbons (Fsp3) is 0.167. The van der Waals surface area contributed by atoms with Gasteiger partial charge in [0.05, 0.1) is 6.20 Å². The minimum atomic E-state index is -0.227. The third-order valence-electron chi connectivity index (χ3n) is 2.64. The third kappa shape index (κ3) is 2.44. The van der Waals surface area contributed by atoms with Crippen molar-refractivity contribution in [2.24, 2.45) is 0 Å². The van der Waals surface area contributed by atoms with Crippen molar-refractivity contribution in [3.05, 3.63) is 30.3 Å². The monoisotopic (exact) mass is 272 g/mol. The van der Waals surface area contributed by atoms with E-state index in [1.807, 2.05) is 0 Å². The second-order valence-electron chi connectivity index (χ2n) is 4.30. The lowest BCUT2D eigenvalue weighted by Gasteiger charge is -2.04. The lowest BCUT2D eigenvalue weighted by Crippen LogP contribution is -2.19. The van der Waals surface area contributed by atoms with E-state index in [4.69, 9.17) is 10.2 Å². The Labute approximate surface area is 113 Å². The Morgan fingerprint density at radius 2 is 2.35 bits per heavy atom. The highest BCUT2D eigenvalue weighted by Crippen LogP contribution is 2.19. The van der Waals surface area contributed by atoms with Crippen molar-refractivity contribution in [2.75, 3.05) is 11.1 Å². The first-order chi connectivity index (χ1) is 9.60. The number of aromatic nitrogens is 4. The number of nitrogens with one attached hydrogen (secondary N) is 1. The predicted octanol–water partition coefficient (Wildman–Crippen LogP) is 0.949. The Balaban J connectivity index is 1.73. The number of fused-ring (bicyclic) bond motifs is 1. The molecule has 1 amide bonds. The number of nitrogen functional groups attached to an aromatic ring is 1. The van der Waals surface area contributed by atoms with Gasteiger partial charge in [0.1, 0.15) is 12.1 Å². The molecule has 3 rings (SSSR count). The molecule has 102 valence electrons. The molecule has 0 atom stereocenters. The molecule has 3 N–H and O–H groups in total. The number of oxazole rings is 1. The molecular weight excluding hydrogens is 260 g/mol. The van der Waals surface area contributed by atoms with E-state index in [1.54, 1.807) is 25.1 Å². The molecule has 20 heavy (non-hydrogen) atoms.